The average Bonchev–Trinajstić information content (AvgIpc) is 3.22. The van der Waals surface area contributed by atoms with Gasteiger partial charge in [-0.05, 0) is 53.1 Å². The third kappa shape index (κ3) is 6.49. The van der Waals surface area contributed by atoms with Crippen molar-refractivity contribution in [2.75, 3.05) is 13.1 Å². The number of pyridine rings is 1. The maximum atomic E-state index is 13.5. The highest BCUT2D eigenvalue weighted by Gasteiger charge is 2.32. The summed E-state index contributed by atoms with van der Waals surface area (Å²) in [7, 11) is 0. The molecule has 2 aromatic carbocycles. The third-order valence-corrected chi connectivity index (χ3v) is 6.76. The maximum Gasteiger partial charge on any atom is 0.573 e. The van der Waals surface area contributed by atoms with Crippen LogP contribution in [0, 0.1) is 17.5 Å². The highest BCUT2D eigenvalue weighted by Crippen LogP contribution is 2.34. The lowest BCUT2D eigenvalue weighted by Gasteiger charge is -2.27. The number of benzene rings is 2. The van der Waals surface area contributed by atoms with Gasteiger partial charge in [-0.15, -0.1) is 13.2 Å². The molecule has 0 radical (unpaired) electrons. The van der Waals surface area contributed by atoms with Crippen LogP contribution in [0.5, 0.6) is 5.75 Å². The van der Waals surface area contributed by atoms with Gasteiger partial charge in [-0.3, -0.25) is 9.47 Å². The van der Waals surface area contributed by atoms with Crippen molar-refractivity contribution in [1.82, 2.24) is 19.8 Å². The first-order chi connectivity index (χ1) is 19.5. The monoisotopic (exact) mass is 594 g/mol. The van der Waals surface area contributed by atoms with Crippen LogP contribution in [-0.2, 0) is 19.5 Å². The van der Waals surface area contributed by atoms with Crippen molar-refractivity contribution >= 4 is 34.6 Å². The minimum Gasteiger partial charge on any atom is -0.406 e. The van der Waals surface area contributed by atoms with E-state index in [2.05, 4.69) is 15.0 Å². The van der Waals surface area contributed by atoms with Gasteiger partial charge in [0.05, 0.1) is 5.52 Å². The molecule has 41 heavy (non-hydrogen) atoms. The lowest BCUT2D eigenvalue weighted by Crippen LogP contribution is -2.34. The van der Waals surface area contributed by atoms with Crippen LogP contribution in [-0.4, -0.2) is 39.9 Å². The molecule has 0 fully saturated rings. The number of amides is 1. The maximum absolute atomic E-state index is 13.5. The molecular formula is C28H21ClF6N4O2. The average molecular weight is 595 g/mol. The topological polar surface area (TPSA) is 59.4 Å². The number of rotatable bonds is 6. The molecule has 4 aromatic rings. The number of halogens is 7. The van der Waals surface area contributed by atoms with Gasteiger partial charge in [-0.2, -0.15) is 0 Å². The van der Waals surface area contributed by atoms with E-state index in [1.807, 2.05) is 4.90 Å². The van der Waals surface area contributed by atoms with E-state index < -0.39 is 35.6 Å². The zero-order valence-electron chi connectivity index (χ0n) is 21.1. The number of nitrogens with one attached hydrogen (secondary N) is 1. The fourth-order valence-corrected chi connectivity index (χ4v) is 4.99. The molecule has 1 aliphatic rings. The Balaban J connectivity index is 1.42. The number of alkyl halides is 3. The van der Waals surface area contributed by atoms with E-state index in [-0.39, 0.29) is 22.8 Å². The van der Waals surface area contributed by atoms with E-state index in [0.29, 0.717) is 42.7 Å². The van der Waals surface area contributed by atoms with Crippen LogP contribution in [0.2, 0.25) is 5.15 Å². The number of ether oxygens (including phenoxy) is 1. The van der Waals surface area contributed by atoms with E-state index in [1.54, 1.807) is 18.2 Å². The van der Waals surface area contributed by atoms with Gasteiger partial charge in [-0.25, -0.2) is 22.9 Å². The molecular weight excluding hydrogens is 574 g/mol. The first-order valence-corrected chi connectivity index (χ1v) is 12.7. The number of carbonyl (C=O) groups is 1. The van der Waals surface area contributed by atoms with Crippen LogP contribution in [0.4, 0.5) is 31.1 Å². The van der Waals surface area contributed by atoms with Crippen molar-refractivity contribution < 1.29 is 35.9 Å². The summed E-state index contributed by atoms with van der Waals surface area (Å²) in [5.41, 5.74) is 2.47. The van der Waals surface area contributed by atoms with E-state index in [1.165, 1.54) is 35.0 Å². The van der Waals surface area contributed by atoms with Crippen molar-refractivity contribution in [3.8, 4) is 5.75 Å². The van der Waals surface area contributed by atoms with Gasteiger partial charge < -0.3 is 10.1 Å². The van der Waals surface area contributed by atoms with Crippen molar-refractivity contribution in [3.63, 3.8) is 0 Å². The summed E-state index contributed by atoms with van der Waals surface area (Å²) in [6.45, 7) is 1.30. The van der Waals surface area contributed by atoms with Crippen LogP contribution in [0.15, 0.2) is 54.7 Å². The minimum atomic E-state index is -4.91. The van der Waals surface area contributed by atoms with Crippen LogP contribution in [0.3, 0.4) is 0 Å². The number of hydrogen-bond donors (Lipinski definition) is 1. The molecule has 2 aromatic heterocycles. The second kappa shape index (κ2) is 11.5. The van der Waals surface area contributed by atoms with Gasteiger partial charge in [0.2, 0.25) is 0 Å². The van der Waals surface area contributed by atoms with Crippen LogP contribution in [0.1, 0.15) is 22.4 Å². The van der Waals surface area contributed by atoms with E-state index in [0.717, 1.165) is 17.7 Å². The predicted octanol–water partition coefficient (Wildman–Crippen LogP) is 6.84. The summed E-state index contributed by atoms with van der Waals surface area (Å²) in [6.07, 6.45) is 0.0976. The Hall–Kier alpha value is -4.03. The fourth-order valence-electron chi connectivity index (χ4n) is 4.80. The van der Waals surface area contributed by atoms with Crippen LogP contribution in [0.25, 0.3) is 17.0 Å². The quantitative estimate of drug-likeness (QED) is 0.151. The summed E-state index contributed by atoms with van der Waals surface area (Å²) >= 11 is 5.91. The first kappa shape index (κ1) is 28.5. The summed E-state index contributed by atoms with van der Waals surface area (Å²) in [4.78, 5) is 19.3. The van der Waals surface area contributed by atoms with Crippen molar-refractivity contribution in [1.29, 1.82) is 0 Å². The molecule has 6 nitrogen and oxygen atoms in total. The SMILES string of the molecule is O=C(NCc1ccnc(Cl)c1)n1c2c(c3ccc(OC(F)(F)F)cc31)CN(C/C=C/c1cc(F)c(F)c(F)c1)CC2. The first-order valence-electron chi connectivity index (χ1n) is 12.3. The molecule has 3 heterocycles. The summed E-state index contributed by atoms with van der Waals surface area (Å²) in [5, 5.41) is 3.60. The summed E-state index contributed by atoms with van der Waals surface area (Å²) in [5.74, 6) is -4.59. The van der Waals surface area contributed by atoms with E-state index in [4.69, 9.17) is 11.6 Å². The smallest absolute Gasteiger partial charge is 0.406 e. The zero-order valence-corrected chi connectivity index (χ0v) is 21.9. The molecule has 13 heteroatoms. The third-order valence-electron chi connectivity index (χ3n) is 6.55. The standard InChI is InChI=1S/C28H21ClF6N4O2/c29-25-12-17(5-7-36-25)14-37-27(40)39-23-6-9-38(8-1-2-16-10-21(30)26(32)22(31)11-16)15-20(23)19-4-3-18(13-24(19)39)41-28(33,34)35/h1-5,7,10-13H,6,8-9,14-15H2,(H,37,40)/b2-1+. The van der Waals surface area contributed by atoms with Crippen molar-refractivity contribution in [3.05, 3.63) is 99.7 Å². The molecule has 1 N–H and O–H groups in total. The molecule has 1 amide bonds. The Labute approximate surface area is 234 Å². The Morgan fingerprint density at radius 2 is 1.85 bits per heavy atom. The molecule has 0 atom stereocenters. The Morgan fingerprint density at radius 1 is 1.10 bits per heavy atom. The molecule has 5 rings (SSSR count). The van der Waals surface area contributed by atoms with Crippen molar-refractivity contribution in [2.45, 2.75) is 25.9 Å². The van der Waals surface area contributed by atoms with Crippen molar-refractivity contribution in [2.24, 2.45) is 0 Å². The zero-order chi connectivity index (χ0) is 29.3. The second-order valence-electron chi connectivity index (χ2n) is 9.32. The minimum absolute atomic E-state index is 0.107. The Bertz CT molecular complexity index is 1630. The number of carbonyl (C=O) groups excluding carboxylic acids is 1. The Morgan fingerprint density at radius 3 is 2.56 bits per heavy atom. The van der Waals surface area contributed by atoms with Gasteiger partial charge in [-0.1, -0.05) is 23.8 Å². The van der Waals surface area contributed by atoms with Gasteiger partial charge in [0.15, 0.2) is 17.5 Å². The largest absolute Gasteiger partial charge is 0.573 e. The highest BCUT2D eigenvalue weighted by molar-refractivity contribution is 6.29. The molecule has 0 saturated heterocycles. The van der Waals surface area contributed by atoms with Crippen LogP contribution < -0.4 is 10.1 Å². The predicted molar refractivity (Wildman–Crippen MR) is 140 cm³/mol. The fraction of sp³-hybridized carbons (Fsp3) is 0.214. The van der Waals surface area contributed by atoms with Gasteiger partial charge in [0.25, 0.3) is 0 Å². The highest BCUT2D eigenvalue weighted by atomic mass is 35.5. The number of fused-ring (bicyclic) bond motifs is 3. The lowest BCUT2D eigenvalue weighted by molar-refractivity contribution is -0.274. The molecule has 0 aliphatic carbocycles. The van der Waals surface area contributed by atoms with Gasteiger partial charge in [0.1, 0.15) is 10.9 Å². The molecule has 0 unspecified atom stereocenters. The Kier molecular flexibility index (Phi) is 7.96. The molecule has 0 saturated carbocycles. The lowest BCUT2D eigenvalue weighted by atomic mass is 10.0. The normalized spacial score (nSPS) is 14.0. The second-order valence-corrected chi connectivity index (χ2v) is 9.71. The van der Waals surface area contributed by atoms with Gasteiger partial charge in [0, 0.05) is 55.9 Å². The summed E-state index contributed by atoms with van der Waals surface area (Å²) in [6, 6.07) is 8.32. The van der Waals surface area contributed by atoms with E-state index >= 15 is 0 Å². The molecule has 1 aliphatic heterocycles. The van der Waals surface area contributed by atoms with Crippen LogP contribution >= 0.6 is 11.6 Å². The molecule has 214 valence electrons. The molecule has 0 bridgehead atoms. The molecule has 0 spiro atoms. The summed E-state index contributed by atoms with van der Waals surface area (Å²) < 4.78 is 84.5. The number of hydrogen-bond acceptors (Lipinski definition) is 4. The van der Waals surface area contributed by atoms with Gasteiger partial charge >= 0.3 is 12.4 Å². The number of aromatic nitrogens is 2. The number of nitrogens with zero attached hydrogens (tertiary/aromatic N) is 3. The van der Waals surface area contributed by atoms with E-state index in [9.17, 15) is 31.1 Å².